The second kappa shape index (κ2) is 5.87. The highest BCUT2D eigenvalue weighted by molar-refractivity contribution is 5.85. The molecule has 0 aromatic rings. The summed E-state index contributed by atoms with van der Waals surface area (Å²) in [5.41, 5.74) is 0.573. The molecule has 2 saturated heterocycles. The molecule has 3 rings (SSSR count). The zero-order chi connectivity index (χ0) is 10.8. The summed E-state index contributed by atoms with van der Waals surface area (Å²) in [6, 6.07) is 0. The highest BCUT2D eigenvalue weighted by Crippen LogP contribution is 2.47. The molecule has 2 aliphatic heterocycles. The summed E-state index contributed by atoms with van der Waals surface area (Å²) in [6.07, 6.45) is 5.53. The average molecular weight is 261 g/mol. The lowest BCUT2D eigenvalue weighted by atomic mass is 9.97. The van der Waals surface area contributed by atoms with Crippen molar-refractivity contribution in [2.45, 2.75) is 25.7 Å². The van der Waals surface area contributed by atoms with Crippen molar-refractivity contribution in [1.82, 2.24) is 10.2 Å². The quantitative estimate of drug-likeness (QED) is 0.815. The first-order valence-electron chi connectivity index (χ1n) is 6.87. The summed E-state index contributed by atoms with van der Waals surface area (Å²) >= 11 is 0. The number of ether oxygens (including phenoxy) is 1. The fourth-order valence-electron chi connectivity index (χ4n) is 3.15. The van der Waals surface area contributed by atoms with Gasteiger partial charge in [-0.25, -0.2) is 0 Å². The molecule has 0 atom stereocenters. The number of rotatable bonds is 2. The number of nitrogens with one attached hydrogen (secondary N) is 1. The van der Waals surface area contributed by atoms with Crippen LogP contribution in [0.4, 0.5) is 0 Å². The molecule has 0 amide bonds. The molecule has 100 valence electrons. The molecular formula is C13H25ClN2O. The van der Waals surface area contributed by atoms with Crippen LogP contribution in [0, 0.1) is 11.3 Å². The largest absolute Gasteiger partial charge is 0.379 e. The van der Waals surface area contributed by atoms with Crippen LogP contribution in [0.1, 0.15) is 25.7 Å². The lowest BCUT2D eigenvalue weighted by Crippen LogP contribution is -2.39. The monoisotopic (exact) mass is 260 g/mol. The van der Waals surface area contributed by atoms with Gasteiger partial charge in [0.25, 0.3) is 0 Å². The van der Waals surface area contributed by atoms with Crippen LogP contribution in [-0.2, 0) is 4.74 Å². The molecule has 3 fully saturated rings. The van der Waals surface area contributed by atoms with E-state index in [-0.39, 0.29) is 12.4 Å². The third-order valence-corrected chi connectivity index (χ3v) is 4.45. The van der Waals surface area contributed by atoms with Crippen molar-refractivity contribution in [2.75, 3.05) is 45.9 Å². The third-order valence-electron chi connectivity index (χ3n) is 4.45. The van der Waals surface area contributed by atoms with Gasteiger partial charge in [-0.2, -0.15) is 0 Å². The Hall–Kier alpha value is 0.170. The molecule has 3 aliphatic rings. The normalized spacial score (nSPS) is 29.6. The maximum absolute atomic E-state index is 5.74. The molecule has 4 heteroatoms. The highest BCUT2D eigenvalue weighted by Gasteiger charge is 2.45. The van der Waals surface area contributed by atoms with Crippen LogP contribution in [0.2, 0.25) is 0 Å². The van der Waals surface area contributed by atoms with Crippen molar-refractivity contribution < 1.29 is 4.74 Å². The van der Waals surface area contributed by atoms with Gasteiger partial charge in [0.1, 0.15) is 0 Å². The number of halogens is 1. The Labute approximate surface area is 111 Å². The second-order valence-corrected chi connectivity index (χ2v) is 5.98. The molecule has 0 aromatic heterocycles. The minimum atomic E-state index is 0. The molecule has 1 aliphatic carbocycles. The van der Waals surface area contributed by atoms with Gasteiger partial charge >= 0.3 is 0 Å². The van der Waals surface area contributed by atoms with Gasteiger partial charge in [0, 0.05) is 25.0 Å². The van der Waals surface area contributed by atoms with E-state index in [0.717, 1.165) is 25.7 Å². The van der Waals surface area contributed by atoms with E-state index in [4.69, 9.17) is 4.74 Å². The molecule has 3 nitrogen and oxygen atoms in total. The number of nitrogens with zero attached hydrogens (tertiary/aromatic N) is 1. The number of hydrogen-bond acceptors (Lipinski definition) is 3. The van der Waals surface area contributed by atoms with Crippen LogP contribution in [0.5, 0.6) is 0 Å². The summed E-state index contributed by atoms with van der Waals surface area (Å²) < 4.78 is 5.74. The average Bonchev–Trinajstić information content (AvgIpc) is 3.09. The lowest BCUT2D eigenvalue weighted by molar-refractivity contribution is 0.115. The predicted molar refractivity (Wildman–Crippen MR) is 71.8 cm³/mol. The molecule has 0 radical (unpaired) electrons. The zero-order valence-corrected chi connectivity index (χ0v) is 11.4. The van der Waals surface area contributed by atoms with Crippen LogP contribution in [0.3, 0.4) is 0 Å². The molecule has 17 heavy (non-hydrogen) atoms. The van der Waals surface area contributed by atoms with Crippen molar-refractivity contribution in [1.29, 1.82) is 0 Å². The molecule has 1 N–H and O–H groups in total. The number of piperidine rings is 1. The SMILES string of the molecule is C1CC(CN2CCOCC3(CC3)C2)CCN1.Cl. The van der Waals surface area contributed by atoms with Crippen molar-refractivity contribution in [2.24, 2.45) is 11.3 Å². The molecule has 1 spiro atoms. The fraction of sp³-hybridized carbons (Fsp3) is 1.00. The van der Waals surface area contributed by atoms with Crippen LogP contribution in [0.25, 0.3) is 0 Å². The van der Waals surface area contributed by atoms with Crippen LogP contribution >= 0.6 is 12.4 Å². The van der Waals surface area contributed by atoms with Crippen molar-refractivity contribution >= 4 is 12.4 Å². The molecular weight excluding hydrogens is 236 g/mol. The summed E-state index contributed by atoms with van der Waals surface area (Å²) in [6.45, 7) is 8.19. The Balaban J connectivity index is 0.00000108. The first kappa shape index (κ1) is 13.6. The van der Waals surface area contributed by atoms with Gasteiger partial charge in [-0.1, -0.05) is 0 Å². The predicted octanol–water partition coefficient (Wildman–Crippen LogP) is 1.52. The Bertz CT molecular complexity index is 240. The Morgan fingerprint density at radius 1 is 1.24 bits per heavy atom. The van der Waals surface area contributed by atoms with E-state index in [1.165, 1.54) is 51.9 Å². The van der Waals surface area contributed by atoms with Crippen LogP contribution < -0.4 is 5.32 Å². The molecule has 1 saturated carbocycles. The van der Waals surface area contributed by atoms with Gasteiger partial charge < -0.3 is 15.0 Å². The summed E-state index contributed by atoms with van der Waals surface area (Å²) in [7, 11) is 0. The lowest BCUT2D eigenvalue weighted by Gasteiger charge is -2.30. The van der Waals surface area contributed by atoms with Gasteiger partial charge in [-0.05, 0) is 44.7 Å². The third kappa shape index (κ3) is 3.57. The van der Waals surface area contributed by atoms with E-state index in [9.17, 15) is 0 Å². The maximum atomic E-state index is 5.74. The van der Waals surface area contributed by atoms with Gasteiger partial charge in [0.15, 0.2) is 0 Å². The Morgan fingerprint density at radius 2 is 2.00 bits per heavy atom. The van der Waals surface area contributed by atoms with E-state index in [0.29, 0.717) is 5.41 Å². The van der Waals surface area contributed by atoms with Gasteiger partial charge in [-0.15, -0.1) is 12.4 Å². The molecule has 2 heterocycles. The van der Waals surface area contributed by atoms with Crippen molar-refractivity contribution in [3.8, 4) is 0 Å². The summed E-state index contributed by atoms with van der Waals surface area (Å²) in [4.78, 5) is 2.68. The maximum Gasteiger partial charge on any atom is 0.0593 e. The van der Waals surface area contributed by atoms with Crippen LogP contribution in [-0.4, -0.2) is 50.8 Å². The number of hydrogen-bond donors (Lipinski definition) is 1. The van der Waals surface area contributed by atoms with Crippen molar-refractivity contribution in [3.63, 3.8) is 0 Å². The Morgan fingerprint density at radius 3 is 2.71 bits per heavy atom. The fourth-order valence-corrected chi connectivity index (χ4v) is 3.15. The van der Waals surface area contributed by atoms with Crippen LogP contribution in [0.15, 0.2) is 0 Å². The standard InChI is InChI=1S/C13H24N2O.ClH/c1-5-14-6-2-12(1)9-15-7-8-16-11-13(10-15)3-4-13;/h12,14H,1-11H2;1H. The van der Waals surface area contributed by atoms with Gasteiger partial charge in [-0.3, -0.25) is 0 Å². The minimum Gasteiger partial charge on any atom is -0.379 e. The molecule has 0 bridgehead atoms. The molecule has 0 unspecified atom stereocenters. The Kier molecular flexibility index (Phi) is 4.70. The van der Waals surface area contributed by atoms with Gasteiger partial charge in [0.2, 0.25) is 0 Å². The van der Waals surface area contributed by atoms with E-state index in [1.807, 2.05) is 0 Å². The second-order valence-electron chi connectivity index (χ2n) is 5.98. The van der Waals surface area contributed by atoms with Gasteiger partial charge in [0.05, 0.1) is 13.2 Å². The first-order chi connectivity index (χ1) is 7.86. The topological polar surface area (TPSA) is 24.5 Å². The summed E-state index contributed by atoms with van der Waals surface area (Å²) in [5, 5.41) is 3.45. The highest BCUT2D eigenvalue weighted by atomic mass is 35.5. The zero-order valence-electron chi connectivity index (χ0n) is 10.6. The van der Waals surface area contributed by atoms with E-state index >= 15 is 0 Å². The molecule has 0 aromatic carbocycles. The van der Waals surface area contributed by atoms with E-state index in [1.54, 1.807) is 0 Å². The first-order valence-corrected chi connectivity index (χ1v) is 6.87. The van der Waals surface area contributed by atoms with Crippen molar-refractivity contribution in [3.05, 3.63) is 0 Å². The smallest absolute Gasteiger partial charge is 0.0593 e. The van der Waals surface area contributed by atoms with E-state index in [2.05, 4.69) is 10.2 Å². The summed E-state index contributed by atoms with van der Waals surface area (Å²) in [5.74, 6) is 0.926. The van der Waals surface area contributed by atoms with E-state index < -0.39 is 0 Å². The minimum absolute atomic E-state index is 0.